The van der Waals surface area contributed by atoms with Gasteiger partial charge in [-0.2, -0.15) is 0 Å². The fraction of sp³-hybridized carbons (Fsp3) is 0. The second-order valence-electron chi connectivity index (χ2n) is 20.3. The predicted molar refractivity (Wildman–Crippen MR) is 327 cm³/mol. The molecule has 0 saturated carbocycles. The monoisotopic (exact) mass is 960 g/mol. The SMILES string of the molecule is c1ccc(-c2cc(-c3c(-c4ccc5ccccc5c4)ccc4ccc(-c5ccc6ccccc6c5)cc34)cc(-c3ccc(-c4c5ccccc5c(-c5ccc6ccccc6c5)c5ccccc45)c4ccccc34)c2)cc1. The summed E-state index contributed by atoms with van der Waals surface area (Å²) in [5, 5.41) is 17.3. The van der Waals surface area contributed by atoms with Crippen LogP contribution in [0.5, 0.6) is 0 Å². The lowest BCUT2D eigenvalue weighted by atomic mass is 9.82. The van der Waals surface area contributed by atoms with Gasteiger partial charge in [0, 0.05) is 0 Å². The molecule has 0 aliphatic rings. The van der Waals surface area contributed by atoms with Gasteiger partial charge in [0.05, 0.1) is 0 Å². The summed E-state index contributed by atoms with van der Waals surface area (Å²) in [5.41, 5.74) is 16.9. The average molecular weight is 961 g/mol. The van der Waals surface area contributed by atoms with E-state index in [0.717, 1.165) is 0 Å². The van der Waals surface area contributed by atoms with Crippen LogP contribution in [0.1, 0.15) is 0 Å². The molecule has 0 atom stereocenters. The summed E-state index contributed by atoms with van der Waals surface area (Å²) in [6, 6.07) is 108. The normalized spacial score (nSPS) is 11.7. The fourth-order valence-electron chi connectivity index (χ4n) is 12.3. The standard InChI is InChI=1S/C76H48/c1-2-16-49(17-3-1)61-45-62(47-63(46-61)75-65(59-36-31-51-19-5-8-22-55(51)43-59)39-38-53-33-35-58(48-73(53)75)57-34-30-50-18-4-7-21-54(50)42-57)64-40-41-72(67-25-11-10-24-66(64)67)76-70-28-14-12-26-68(70)74(69-27-13-15-29-71(69)76)60-37-32-52-20-6-9-23-56(52)44-60/h1-48H. The highest BCUT2D eigenvalue weighted by Crippen LogP contribution is 2.49. The van der Waals surface area contributed by atoms with E-state index in [1.54, 1.807) is 0 Å². The zero-order valence-corrected chi connectivity index (χ0v) is 41.7. The first-order valence-electron chi connectivity index (χ1n) is 26.4. The maximum Gasteiger partial charge on any atom is -0.00201 e. The molecule has 0 heterocycles. The Morgan fingerprint density at radius 1 is 0.132 bits per heavy atom. The molecule has 0 aromatic heterocycles. The molecule has 0 aliphatic carbocycles. The van der Waals surface area contributed by atoms with E-state index in [9.17, 15) is 0 Å². The van der Waals surface area contributed by atoms with Crippen molar-refractivity contribution in [1.29, 1.82) is 0 Å². The molecule has 0 radical (unpaired) electrons. The van der Waals surface area contributed by atoms with Crippen molar-refractivity contribution in [2.45, 2.75) is 0 Å². The molecule has 352 valence electrons. The molecule has 15 rings (SSSR count). The van der Waals surface area contributed by atoms with Crippen molar-refractivity contribution in [2.75, 3.05) is 0 Å². The van der Waals surface area contributed by atoms with Gasteiger partial charge in [-0.25, -0.2) is 0 Å². The number of hydrogen-bond donors (Lipinski definition) is 0. The third-order valence-electron chi connectivity index (χ3n) is 16.0. The summed E-state index contributed by atoms with van der Waals surface area (Å²) >= 11 is 0. The molecule has 0 aliphatic heterocycles. The summed E-state index contributed by atoms with van der Waals surface area (Å²) in [4.78, 5) is 0. The van der Waals surface area contributed by atoms with Crippen molar-refractivity contribution in [3.63, 3.8) is 0 Å². The van der Waals surface area contributed by atoms with Crippen molar-refractivity contribution in [2.24, 2.45) is 0 Å². The molecule has 15 aromatic rings. The van der Waals surface area contributed by atoms with Crippen molar-refractivity contribution in [1.82, 2.24) is 0 Å². The molecule has 0 fully saturated rings. The zero-order valence-electron chi connectivity index (χ0n) is 41.7. The topological polar surface area (TPSA) is 0 Å². The van der Waals surface area contributed by atoms with Crippen LogP contribution in [-0.4, -0.2) is 0 Å². The van der Waals surface area contributed by atoms with Gasteiger partial charge in [0.2, 0.25) is 0 Å². The van der Waals surface area contributed by atoms with Gasteiger partial charge in [0.25, 0.3) is 0 Å². The zero-order chi connectivity index (χ0) is 50.1. The van der Waals surface area contributed by atoms with Crippen LogP contribution in [0.15, 0.2) is 291 Å². The lowest BCUT2D eigenvalue weighted by Crippen LogP contribution is -1.94. The van der Waals surface area contributed by atoms with E-state index in [2.05, 4.69) is 291 Å². The van der Waals surface area contributed by atoms with Crippen molar-refractivity contribution in [3.8, 4) is 77.9 Å². The fourth-order valence-corrected chi connectivity index (χ4v) is 12.3. The van der Waals surface area contributed by atoms with E-state index in [4.69, 9.17) is 0 Å². The molecular weight excluding hydrogens is 913 g/mol. The van der Waals surface area contributed by atoms with Crippen LogP contribution in [0.25, 0.3) is 153 Å². The van der Waals surface area contributed by atoms with Crippen LogP contribution < -0.4 is 0 Å². The maximum atomic E-state index is 2.46. The van der Waals surface area contributed by atoms with Gasteiger partial charge in [-0.3, -0.25) is 0 Å². The van der Waals surface area contributed by atoms with Crippen LogP contribution in [-0.2, 0) is 0 Å². The molecule has 0 spiro atoms. The van der Waals surface area contributed by atoms with E-state index in [-0.39, 0.29) is 0 Å². The summed E-state index contributed by atoms with van der Waals surface area (Å²) in [7, 11) is 0. The highest BCUT2D eigenvalue weighted by molar-refractivity contribution is 6.24. The summed E-state index contributed by atoms with van der Waals surface area (Å²) in [6.45, 7) is 0. The lowest BCUT2D eigenvalue weighted by Gasteiger charge is -2.21. The Kier molecular flexibility index (Phi) is 10.3. The van der Waals surface area contributed by atoms with Crippen molar-refractivity contribution < 1.29 is 0 Å². The highest BCUT2D eigenvalue weighted by atomic mass is 14.2. The molecule has 0 N–H and O–H groups in total. The minimum atomic E-state index is 1.17. The Labute approximate surface area is 442 Å². The Morgan fingerprint density at radius 3 is 1.14 bits per heavy atom. The number of rotatable bonds is 7. The summed E-state index contributed by atoms with van der Waals surface area (Å²) < 4.78 is 0. The van der Waals surface area contributed by atoms with E-state index in [1.807, 2.05) is 0 Å². The van der Waals surface area contributed by atoms with E-state index in [1.165, 1.54) is 153 Å². The van der Waals surface area contributed by atoms with E-state index in [0.29, 0.717) is 0 Å². The molecular formula is C76H48. The molecule has 0 bridgehead atoms. The first-order chi connectivity index (χ1) is 37.7. The van der Waals surface area contributed by atoms with Crippen LogP contribution in [0.4, 0.5) is 0 Å². The van der Waals surface area contributed by atoms with Gasteiger partial charge >= 0.3 is 0 Å². The Morgan fingerprint density at radius 2 is 0.526 bits per heavy atom. The third kappa shape index (κ3) is 7.37. The van der Waals surface area contributed by atoms with Gasteiger partial charge in [0.15, 0.2) is 0 Å². The lowest BCUT2D eigenvalue weighted by molar-refractivity contribution is 1.58. The van der Waals surface area contributed by atoms with Crippen LogP contribution in [0.2, 0.25) is 0 Å². The second-order valence-corrected chi connectivity index (χ2v) is 20.3. The molecule has 15 aromatic carbocycles. The number of hydrogen-bond acceptors (Lipinski definition) is 0. The third-order valence-corrected chi connectivity index (χ3v) is 16.0. The van der Waals surface area contributed by atoms with Crippen molar-refractivity contribution in [3.05, 3.63) is 291 Å². The quantitative estimate of drug-likeness (QED) is 0.140. The van der Waals surface area contributed by atoms with E-state index < -0.39 is 0 Å². The Hall–Kier alpha value is -9.88. The molecule has 76 heavy (non-hydrogen) atoms. The molecule has 0 unspecified atom stereocenters. The van der Waals surface area contributed by atoms with Gasteiger partial charge < -0.3 is 0 Å². The first kappa shape index (κ1) is 43.7. The minimum absolute atomic E-state index is 1.17. The van der Waals surface area contributed by atoms with Crippen LogP contribution in [0.3, 0.4) is 0 Å². The van der Waals surface area contributed by atoms with Crippen LogP contribution in [0, 0.1) is 0 Å². The smallest absolute Gasteiger partial charge is 0.00201 e. The first-order valence-corrected chi connectivity index (χ1v) is 26.4. The van der Waals surface area contributed by atoms with Crippen LogP contribution >= 0.6 is 0 Å². The minimum Gasteiger partial charge on any atom is -0.0622 e. The average Bonchev–Trinajstić information content (AvgIpc) is 3.59. The number of benzene rings is 15. The van der Waals surface area contributed by atoms with Crippen molar-refractivity contribution >= 4 is 75.4 Å². The summed E-state index contributed by atoms with van der Waals surface area (Å²) in [5.74, 6) is 0. The Bertz CT molecular complexity index is 4740. The number of fused-ring (bicyclic) bond motifs is 7. The van der Waals surface area contributed by atoms with Gasteiger partial charge in [0.1, 0.15) is 0 Å². The molecule has 0 amide bonds. The summed E-state index contributed by atoms with van der Waals surface area (Å²) in [6.07, 6.45) is 0. The predicted octanol–water partition coefficient (Wildman–Crippen LogP) is 21.4. The highest BCUT2D eigenvalue weighted by Gasteiger charge is 2.21. The molecule has 0 nitrogen and oxygen atoms in total. The van der Waals surface area contributed by atoms with E-state index >= 15 is 0 Å². The van der Waals surface area contributed by atoms with Gasteiger partial charge in [-0.05, 0) is 196 Å². The van der Waals surface area contributed by atoms with Gasteiger partial charge in [-0.1, -0.05) is 249 Å². The largest absolute Gasteiger partial charge is 0.0622 e. The molecule has 0 heteroatoms. The molecule has 0 saturated heterocycles. The van der Waals surface area contributed by atoms with Gasteiger partial charge in [-0.15, -0.1) is 0 Å². The second kappa shape index (κ2) is 18.0. The maximum absolute atomic E-state index is 2.46. The Balaban J connectivity index is 0.972.